The van der Waals surface area contributed by atoms with E-state index in [0.717, 1.165) is 44.6 Å². The lowest BCUT2D eigenvalue weighted by molar-refractivity contribution is 0.112. The predicted molar refractivity (Wildman–Crippen MR) is 90.0 cm³/mol. The van der Waals surface area contributed by atoms with Crippen molar-refractivity contribution in [2.45, 2.75) is 6.54 Å². The van der Waals surface area contributed by atoms with E-state index in [1.165, 1.54) is 16.7 Å². The van der Waals surface area contributed by atoms with Gasteiger partial charge in [-0.2, -0.15) is 0 Å². The molecule has 1 aliphatic heterocycles. The number of likely N-dealkylation sites (N-methyl/N-ethyl adjacent to an activating group) is 1. The molecule has 0 atom stereocenters. The highest BCUT2D eigenvalue weighted by atomic mass is 16.1. The van der Waals surface area contributed by atoms with Crippen molar-refractivity contribution in [1.82, 2.24) is 9.80 Å². The van der Waals surface area contributed by atoms with E-state index in [1.807, 2.05) is 18.2 Å². The standard InChI is InChI=1S/C19H22N2O/c1-20-9-11-21(12-10-20)14-18-13-16(15-22)7-8-19(18)17-5-3-2-4-6-17/h2-8,13,15H,9-12,14H2,1H3. The molecule has 1 saturated heterocycles. The monoisotopic (exact) mass is 294 g/mol. The van der Waals surface area contributed by atoms with Crippen LogP contribution in [0, 0.1) is 0 Å². The third kappa shape index (κ3) is 3.43. The van der Waals surface area contributed by atoms with Crippen LogP contribution in [0.5, 0.6) is 0 Å². The highest BCUT2D eigenvalue weighted by Crippen LogP contribution is 2.26. The summed E-state index contributed by atoms with van der Waals surface area (Å²) in [4.78, 5) is 15.9. The van der Waals surface area contributed by atoms with Gasteiger partial charge in [0.2, 0.25) is 0 Å². The Morgan fingerprint density at radius 1 is 1.00 bits per heavy atom. The van der Waals surface area contributed by atoms with Crippen molar-refractivity contribution in [3.05, 3.63) is 59.7 Å². The van der Waals surface area contributed by atoms with Crippen LogP contribution in [-0.4, -0.2) is 49.3 Å². The molecule has 0 spiro atoms. The summed E-state index contributed by atoms with van der Waals surface area (Å²) < 4.78 is 0. The fourth-order valence-corrected chi connectivity index (χ4v) is 2.96. The first-order valence-electron chi connectivity index (χ1n) is 7.81. The number of piperazine rings is 1. The summed E-state index contributed by atoms with van der Waals surface area (Å²) in [5, 5.41) is 0. The Hall–Kier alpha value is -1.97. The van der Waals surface area contributed by atoms with E-state index in [-0.39, 0.29) is 0 Å². The Balaban J connectivity index is 1.89. The van der Waals surface area contributed by atoms with Crippen LogP contribution in [0.4, 0.5) is 0 Å². The van der Waals surface area contributed by atoms with E-state index in [4.69, 9.17) is 0 Å². The molecule has 1 fully saturated rings. The number of carbonyl (C=O) groups excluding carboxylic acids is 1. The van der Waals surface area contributed by atoms with Crippen LogP contribution in [0.1, 0.15) is 15.9 Å². The molecule has 0 N–H and O–H groups in total. The lowest BCUT2D eigenvalue weighted by Gasteiger charge is -2.32. The Morgan fingerprint density at radius 3 is 2.41 bits per heavy atom. The number of benzene rings is 2. The van der Waals surface area contributed by atoms with Crippen LogP contribution < -0.4 is 0 Å². The lowest BCUT2D eigenvalue weighted by Crippen LogP contribution is -2.43. The van der Waals surface area contributed by atoms with Gasteiger partial charge in [-0.3, -0.25) is 9.69 Å². The maximum atomic E-state index is 11.1. The molecular formula is C19H22N2O. The van der Waals surface area contributed by atoms with Gasteiger partial charge in [-0.05, 0) is 29.8 Å². The smallest absolute Gasteiger partial charge is 0.150 e. The average Bonchev–Trinajstić information content (AvgIpc) is 2.57. The number of carbonyl (C=O) groups is 1. The third-order valence-corrected chi connectivity index (χ3v) is 4.34. The van der Waals surface area contributed by atoms with Gasteiger partial charge in [-0.15, -0.1) is 0 Å². The number of aldehydes is 1. The van der Waals surface area contributed by atoms with Crippen LogP contribution in [-0.2, 0) is 6.54 Å². The topological polar surface area (TPSA) is 23.6 Å². The Bertz CT molecular complexity index is 631. The summed E-state index contributed by atoms with van der Waals surface area (Å²) in [6.45, 7) is 5.27. The molecule has 3 heteroatoms. The van der Waals surface area contributed by atoms with Crippen molar-refractivity contribution in [3.63, 3.8) is 0 Å². The van der Waals surface area contributed by atoms with Crippen LogP contribution in [0.25, 0.3) is 11.1 Å². The van der Waals surface area contributed by atoms with Crippen molar-refractivity contribution in [2.24, 2.45) is 0 Å². The van der Waals surface area contributed by atoms with Gasteiger partial charge in [0.05, 0.1) is 0 Å². The van der Waals surface area contributed by atoms with Crippen molar-refractivity contribution in [2.75, 3.05) is 33.2 Å². The molecule has 1 aliphatic rings. The van der Waals surface area contributed by atoms with Crippen LogP contribution in [0.2, 0.25) is 0 Å². The molecule has 1 heterocycles. The number of hydrogen-bond acceptors (Lipinski definition) is 3. The maximum Gasteiger partial charge on any atom is 0.150 e. The molecule has 0 radical (unpaired) electrons. The maximum absolute atomic E-state index is 11.1. The molecule has 0 aliphatic carbocycles. The summed E-state index contributed by atoms with van der Waals surface area (Å²) in [5.74, 6) is 0. The molecule has 0 saturated carbocycles. The fourth-order valence-electron chi connectivity index (χ4n) is 2.96. The minimum atomic E-state index is 0.754. The minimum absolute atomic E-state index is 0.754. The molecule has 2 aromatic carbocycles. The molecule has 2 aromatic rings. The predicted octanol–water partition coefficient (Wildman–Crippen LogP) is 2.91. The minimum Gasteiger partial charge on any atom is -0.304 e. The average molecular weight is 294 g/mol. The molecule has 3 rings (SSSR count). The number of hydrogen-bond donors (Lipinski definition) is 0. The molecule has 0 amide bonds. The summed E-state index contributed by atoms with van der Waals surface area (Å²) in [6, 6.07) is 16.4. The normalized spacial score (nSPS) is 16.6. The van der Waals surface area contributed by atoms with Gasteiger partial charge < -0.3 is 4.90 Å². The van der Waals surface area contributed by atoms with Crippen molar-refractivity contribution < 1.29 is 4.79 Å². The second-order valence-corrected chi connectivity index (χ2v) is 5.98. The zero-order valence-electron chi connectivity index (χ0n) is 13.0. The zero-order valence-corrected chi connectivity index (χ0v) is 13.0. The Morgan fingerprint density at radius 2 is 1.73 bits per heavy atom. The highest BCUT2D eigenvalue weighted by Gasteiger charge is 2.16. The second kappa shape index (κ2) is 6.86. The fraction of sp³-hybridized carbons (Fsp3) is 0.316. The lowest BCUT2D eigenvalue weighted by atomic mass is 9.97. The number of nitrogens with zero attached hydrogens (tertiary/aromatic N) is 2. The van der Waals surface area contributed by atoms with Crippen LogP contribution in [0.3, 0.4) is 0 Å². The largest absolute Gasteiger partial charge is 0.304 e. The molecule has 3 nitrogen and oxygen atoms in total. The van der Waals surface area contributed by atoms with Crippen molar-refractivity contribution in [3.8, 4) is 11.1 Å². The quantitative estimate of drug-likeness (QED) is 0.810. The van der Waals surface area contributed by atoms with Crippen LogP contribution in [0.15, 0.2) is 48.5 Å². The van der Waals surface area contributed by atoms with Crippen molar-refractivity contribution in [1.29, 1.82) is 0 Å². The van der Waals surface area contributed by atoms with Gasteiger partial charge in [-0.1, -0.05) is 42.5 Å². The van der Waals surface area contributed by atoms with E-state index in [9.17, 15) is 4.79 Å². The van der Waals surface area contributed by atoms with Gasteiger partial charge in [-0.25, -0.2) is 0 Å². The van der Waals surface area contributed by atoms with E-state index >= 15 is 0 Å². The molecule has 0 unspecified atom stereocenters. The zero-order chi connectivity index (χ0) is 15.4. The Kier molecular flexibility index (Phi) is 4.66. The summed E-state index contributed by atoms with van der Waals surface area (Å²) in [5.41, 5.74) is 4.43. The summed E-state index contributed by atoms with van der Waals surface area (Å²) >= 11 is 0. The first-order valence-corrected chi connectivity index (χ1v) is 7.81. The SMILES string of the molecule is CN1CCN(Cc2cc(C=O)ccc2-c2ccccc2)CC1. The molecule has 0 bridgehead atoms. The van der Waals surface area contributed by atoms with Gasteiger partial charge in [0.1, 0.15) is 6.29 Å². The van der Waals surface area contributed by atoms with Gasteiger partial charge in [0.15, 0.2) is 0 Å². The van der Waals surface area contributed by atoms with E-state index in [1.54, 1.807) is 0 Å². The van der Waals surface area contributed by atoms with Gasteiger partial charge in [0, 0.05) is 38.3 Å². The summed E-state index contributed by atoms with van der Waals surface area (Å²) in [7, 11) is 2.17. The van der Waals surface area contributed by atoms with E-state index < -0.39 is 0 Å². The first kappa shape index (κ1) is 14.9. The van der Waals surface area contributed by atoms with E-state index in [0.29, 0.717) is 0 Å². The highest BCUT2D eigenvalue weighted by molar-refractivity contribution is 5.78. The van der Waals surface area contributed by atoms with Crippen molar-refractivity contribution >= 4 is 6.29 Å². The van der Waals surface area contributed by atoms with Gasteiger partial charge in [0.25, 0.3) is 0 Å². The van der Waals surface area contributed by atoms with Gasteiger partial charge >= 0.3 is 0 Å². The van der Waals surface area contributed by atoms with Crippen LogP contribution >= 0.6 is 0 Å². The molecule has 114 valence electrons. The molecule has 22 heavy (non-hydrogen) atoms. The Labute approximate surface area is 132 Å². The molecule has 0 aromatic heterocycles. The first-order chi connectivity index (χ1) is 10.8. The molecular weight excluding hydrogens is 272 g/mol. The van der Waals surface area contributed by atoms with E-state index in [2.05, 4.69) is 47.2 Å². The third-order valence-electron chi connectivity index (χ3n) is 4.34. The summed E-state index contributed by atoms with van der Waals surface area (Å²) in [6.07, 6.45) is 0.933. The second-order valence-electron chi connectivity index (χ2n) is 5.98. The number of rotatable bonds is 4.